The molecule has 0 aliphatic carbocycles. The third-order valence-electron chi connectivity index (χ3n) is 4.14. The smallest absolute Gasteiger partial charge is 0.342 e. The van der Waals surface area contributed by atoms with Gasteiger partial charge in [0.1, 0.15) is 11.6 Å². The van der Waals surface area contributed by atoms with Crippen molar-refractivity contribution in [2.24, 2.45) is 0 Å². The van der Waals surface area contributed by atoms with Gasteiger partial charge in [-0.25, -0.2) is 13.6 Å². The molecule has 0 radical (unpaired) electrons. The van der Waals surface area contributed by atoms with E-state index in [-0.39, 0.29) is 22.0 Å². The van der Waals surface area contributed by atoms with Gasteiger partial charge in [-0.3, -0.25) is 14.9 Å². The maximum Gasteiger partial charge on any atom is 0.342 e. The summed E-state index contributed by atoms with van der Waals surface area (Å²) in [5.41, 5.74) is -0.513. The van der Waals surface area contributed by atoms with Gasteiger partial charge in [0.15, 0.2) is 0 Å². The molecule has 0 aromatic heterocycles. The fraction of sp³-hybridized carbons (Fsp3) is 0.0476. The van der Waals surface area contributed by atoms with Crippen LogP contribution in [0.4, 0.5) is 20.2 Å². The van der Waals surface area contributed by atoms with Crippen LogP contribution in [0.2, 0.25) is 5.02 Å². The molecule has 1 atom stereocenters. The second-order valence-corrected chi connectivity index (χ2v) is 6.64. The summed E-state index contributed by atoms with van der Waals surface area (Å²) in [6.07, 6.45) is -1.51. The molecule has 3 aromatic rings. The number of benzene rings is 3. The largest absolute Gasteiger partial charge is 0.444 e. The van der Waals surface area contributed by atoms with Crippen molar-refractivity contribution in [1.29, 1.82) is 0 Å². The topological polar surface area (TPSA) is 98.5 Å². The quantitative estimate of drug-likeness (QED) is 0.324. The summed E-state index contributed by atoms with van der Waals surface area (Å²) < 4.78 is 32.3. The van der Waals surface area contributed by atoms with Gasteiger partial charge in [-0.2, -0.15) is 0 Å². The number of hydrogen-bond donors (Lipinski definition) is 1. The zero-order valence-corrected chi connectivity index (χ0v) is 16.3. The van der Waals surface area contributed by atoms with Crippen LogP contribution in [0.25, 0.3) is 0 Å². The molecule has 1 unspecified atom stereocenters. The molecule has 3 aromatic carbocycles. The number of anilines is 1. The lowest BCUT2D eigenvalue weighted by atomic mass is 10.1. The van der Waals surface area contributed by atoms with Crippen LogP contribution < -0.4 is 5.32 Å². The monoisotopic (exact) mass is 446 g/mol. The molecule has 0 saturated heterocycles. The number of carbonyl (C=O) groups is 2. The van der Waals surface area contributed by atoms with E-state index in [0.29, 0.717) is 6.07 Å². The Bertz CT molecular complexity index is 1160. The number of hydrogen-bond acceptors (Lipinski definition) is 5. The van der Waals surface area contributed by atoms with Crippen molar-refractivity contribution in [2.75, 3.05) is 5.32 Å². The molecule has 7 nitrogen and oxygen atoms in total. The number of nitro benzene ring substituents is 1. The molecule has 0 heterocycles. The van der Waals surface area contributed by atoms with Crippen LogP contribution in [-0.4, -0.2) is 16.8 Å². The van der Waals surface area contributed by atoms with Crippen molar-refractivity contribution in [3.05, 3.63) is 105 Å². The lowest BCUT2D eigenvalue weighted by Gasteiger charge is -2.18. The van der Waals surface area contributed by atoms with Gasteiger partial charge in [-0.1, -0.05) is 41.9 Å². The number of non-ortho nitro benzene ring substituents is 1. The van der Waals surface area contributed by atoms with Crippen molar-refractivity contribution >= 4 is 34.9 Å². The predicted octanol–water partition coefficient (Wildman–Crippen LogP) is 5.06. The molecule has 0 aliphatic rings. The van der Waals surface area contributed by atoms with Gasteiger partial charge in [-0.05, 0) is 18.2 Å². The molecule has 0 aliphatic heterocycles. The van der Waals surface area contributed by atoms with E-state index in [9.17, 15) is 28.5 Å². The first-order chi connectivity index (χ1) is 14.8. The summed E-state index contributed by atoms with van der Waals surface area (Å²) in [4.78, 5) is 35.5. The number of carbonyl (C=O) groups excluding carboxylic acids is 2. The number of rotatable bonds is 6. The van der Waals surface area contributed by atoms with E-state index in [1.165, 1.54) is 18.2 Å². The Morgan fingerprint density at radius 1 is 1.03 bits per heavy atom. The number of amides is 1. The molecule has 0 spiro atoms. The molecule has 158 valence electrons. The zero-order chi connectivity index (χ0) is 22.5. The Balaban J connectivity index is 1.88. The maximum absolute atomic E-state index is 13.9. The van der Waals surface area contributed by atoms with Crippen molar-refractivity contribution in [3.8, 4) is 0 Å². The normalized spacial score (nSPS) is 11.5. The third-order valence-corrected chi connectivity index (χ3v) is 4.45. The fourth-order valence-electron chi connectivity index (χ4n) is 2.64. The van der Waals surface area contributed by atoms with Gasteiger partial charge in [0.2, 0.25) is 6.10 Å². The summed E-state index contributed by atoms with van der Waals surface area (Å²) in [5.74, 6) is -4.04. The lowest BCUT2D eigenvalue weighted by Crippen LogP contribution is -2.26. The van der Waals surface area contributed by atoms with Crippen molar-refractivity contribution in [1.82, 2.24) is 0 Å². The minimum Gasteiger partial charge on any atom is -0.444 e. The van der Waals surface area contributed by atoms with Crippen LogP contribution in [0.15, 0.2) is 66.7 Å². The van der Waals surface area contributed by atoms with Crippen LogP contribution in [0.3, 0.4) is 0 Å². The molecule has 3 rings (SSSR count). The number of nitro groups is 1. The highest BCUT2D eigenvalue weighted by molar-refractivity contribution is 6.34. The van der Waals surface area contributed by atoms with E-state index in [4.69, 9.17) is 16.3 Å². The van der Waals surface area contributed by atoms with E-state index >= 15 is 0 Å². The van der Waals surface area contributed by atoms with Gasteiger partial charge in [0, 0.05) is 23.8 Å². The summed E-state index contributed by atoms with van der Waals surface area (Å²) in [5, 5.41) is 13.2. The molecule has 1 amide bonds. The van der Waals surface area contributed by atoms with Crippen LogP contribution in [0.5, 0.6) is 0 Å². The van der Waals surface area contributed by atoms with Gasteiger partial charge >= 0.3 is 5.97 Å². The fourth-order valence-corrected chi connectivity index (χ4v) is 2.87. The molecule has 10 heteroatoms. The first kappa shape index (κ1) is 21.8. The van der Waals surface area contributed by atoms with Crippen LogP contribution in [0, 0.1) is 21.7 Å². The lowest BCUT2D eigenvalue weighted by molar-refractivity contribution is -0.384. The molecule has 31 heavy (non-hydrogen) atoms. The second kappa shape index (κ2) is 9.31. The first-order valence-electron chi connectivity index (χ1n) is 8.72. The first-order valence-corrected chi connectivity index (χ1v) is 9.10. The van der Waals surface area contributed by atoms with Gasteiger partial charge < -0.3 is 10.1 Å². The Morgan fingerprint density at radius 3 is 2.35 bits per heavy atom. The standard InChI is InChI=1S/C21H13ClF2N2O5/c22-16-11-14(26(29)30)7-9-18(16)25-20(27)19(12-4-2-1-3-5-12)31-21(28)15-8-6-13(23)10-17(15)24/h1-11,19H,(H,25,27). The average molecular weight is 447 g/mol. The Hall–Kier alpha value is -3.85. The van der Waals surface area contributed by atoms with E-state index in [1.807, 2.05) is 0 Å². The van der Waals surface area contributed by atoms with Crippen molar-refractivity contribution in [3.63, 3.8) is 0 Å². The molecular weight excluding hydrogens is 434 g/mol. The van der Waals surface area contributed by atoms with Crippen LogP contribution in [-0.2, 0) is 9.53 Å². The number of esters is 1. The van der Waals surface area contributed by atoms with Gasteiger partial charge in [0.05, 0.1) is 21.2 Å². The second-order valence-electron chi connectivity index (χ2n) is 6.23. The van der Waals surface area contributed by atoms with Crippen molar-refractivity contribution in [2.45, 2.75) is 6.10 Å². The maximum atomic E-state index is 13.9. The highest BCUT2D eigenvalue weighted by Crippen LogP contribution is 2.29. The van der Waals surface area contributed by atoms with Gasteiger partial charge in [-0.15, -0.1) is 0 Å². The summed E-state index contributed by atoms with van der Waals surface area (Å²) in [6, 6.07) is 13.6. The average Bonchev–Trinajstić information content (AvgIpc) is 2.73. The summed E-state index contributed by atoms with van der Waals surface area (Å²) in [6.45, 7) is 0. The summed E-state index contributed by atoms with van der Waals surface area (Å²) in [7, 11) is 0. The van der Waals surface area contributed by atoms with E-state index in [2.05, 4.69) is 5.32 Å². The van der Waals surface area contributed by atoms with E-state index < -0.39 is 40.1 Å². The number of ether oxygens (including phenoxy) is 1. The highest BCUT2D eigenvalue weighted by atomic mass is 35.5. The minimum atomic E-state index is -1.51. The molecule has 0 bridgehead atoms. The molecule has 0 fully saturated rings. The number of nitrogens with zero attached hydrogens (tertiary/aromatic N) is 1. The molecule has 0 saturated carbocycles. The SMILES string of the molecule is O=C(OC(C(=O)Nc1ccc([N+](=O)[O-])cc1Cl)c1ccccc1)c1ccc(F)cc1F. The third kappa shape index (κ3) is 5.20. The summed E-state index contributed by atoms with van der Waals surface area (Å²) >= 11 is 5.99. The van der Waals surface area contributed by atoms with Crippen LogP contribution in [0.1, 0.15) is 22.0 Å². The minimum absolute atomic E-state index is 0.0437. The van der Waals surface area contributed by atoms with Crippen molar-refractivity contribution < 1.29 is 28.0 Å². The Morgan fingerprint density at radius 2 is 1.74 bits per heavy atom. The molecular formula is C21H13ClF2N2O5. The number of halogens is 3. The van der Waals surface area contributed by atoms with Gasteiger partial charge in [0.25, 0.3) is 11.6 Å². The van der Waals surface area contributed by atoms with E-state index in [1.54, 1.807) is 18.2 Å². The predicted molar refractivity (Wildman–Crippen MR) is 108 cm³/mol. The Labute approximate surface area is 179 Å². The zero-order valence-electron chi connectivity index (χ0n) is 15.6. The Kier molecular flexibility index (Phi) is 6.56. The van der Waals surface area contributed by atoms with E-state index in [0.717, 1.165) is 24.3 Å². The molecule has 1 N–H and O–H groups in total. The van der Waals surface area contributed by atoms with Crippen LogP contribution >= 0.6 is 11.6 Å². The number of nitrogens with one attached hydrogen (secondary N) is 1. The highest BCUT2D eigenvalue weighted by Gasteiger charge is 2.28.